The van der Waals surface area contributed by atoms with Crippen molar-refractivity contribution in [3.8, 4) is 0 Å². The van der Waals surface area contributed by atoms with Crippen molar-refractivity contribution in [3.63, 3.8) is 0 Å². The molecule has 2 aromatic rings. The SMILES string of the molecule is Cc1ncccc1C(=O)NCc1ccc(N2CCC(CO)CC2)cc1. The van der Waals surface area contributed by atoms with Crippen LogP contribution in [0.5, 0.6) is 0 Å². The largest absolute Gasteiger partial charge is 0.396 e. The van der Waals surface area contributed by atoms with E-state index in [1.165, 1.54) is 5.69 Å². The van der Waals surface area contributed by atoms with Gasteiger partial charge >= 0.3 is 0 Å². The van der Waals surface area contributed by atoms with E-state index < -0.39 is 0 Å². The summed E-state index contributed by atoms with van der Waals surface area (Å²) in [7, 11) is 0. The van der Waals surface area contributed by atoms with Crippen LogP contribution in [0.4, 0.5) is 5.69 Å². The van der Waals surface area contributed by atoms with Crippen molar-refractivity contribution in [1.29, 1.82) is 0 Å². The fourth-order valence-electron chi connectivity index (χ4n) is 3.20. The summed E-state index contributed by atoms with van der Waals surface area (Å²) in [6.07, 6.45) is 3.77. The Labute approximate surface area is 148 Å². The normalized spacial score (nSPS) is 15.2. The summed E-state index contributed by atoms with van der Waals surface area (Å²) >= 11 is 0. The Morgan fingerprint density at radius 3 is 2.60 bits per heavy atom. The number of hydrogen-bond acceptors (Lipinski definition) is 4. The van der Waals surface area contributed by atoms with Gasteiger partial charge in [-0.2, -0.15) is 0 Å². The van der Waals surface area contributed by atoms with Crippen molar-refractivity contribution in [2.45, 2.75) is 26.3 Å². The van der Waals surface area contributed by atoms with Gasteiger partial charge in [0.15, 0.2) is 0 Å². The molecule has 0 unspecified atom stereocenters. The third-order valence-corrected chi connectivity index (χ3v) is 4.88. The van der Waals surface area contributed by atoms with Gasteiger partial charge in [0.2, 0.25) is 0 Å². The van der Waals surface area contributed by atoms with Gasteiger partial charge in [-0.3, -0.25) is 9.78 Å². The Hall–Kier alpha value is -2.40. The molecule has 2 heterocycles. The van der Waals surface area contributed by atoms with Crippen molar-refractivity contribution in [1.82, 2.24) is 10.3 Å². The summed E-state index contributed by atoms with van der Waals surface area (Å²) in [4.78, 5) is 18.7. The summed E-state index contributed by atoms with van der Waals surface area (Å²) in [6.45, 7) is 4.61. The lowest BCUT2D eigenvalue weighted by atomic mass is 9.97. The van der Waals surface area contributed by atoms with Crippen molar-refractivity contribution < 1.29 is 9.90 Å². The number of carbonyl (C=O) groups excluding carboxylic acids is 1. The Bertz CT molecular complexity index is 707. The molecule has 2 N–H and O–H groups in total. The molecule has 0 bridgehead atoms. The third kappa shape index (κ3) is 4.37. The topological polar surface area (TPSA) is 65.5 Å². The van der Waals surface area contributed by atoms with Crippen LogP contribution in [0, 0.1) is 12.8 Å². The Balaban J connectivity index is 1.54. The summed E-state index contributed by atoms with van der Waals surface area (Å²) in [5, 5.41) is 12.2. The molecule has 5 heteroatoms. The molecule has 1 aliphatic heterocycles. The van der Waals surface area contributed by atoms with Gasteiger partial charge in [0.1, 0.15) is 0 Å². The first-order chi connectivity index (χ1) is 12.2. The smallest absolute Gasteiger partial charge is 0.253 e. The molecule has 0 atom stereocenters. The number of anilines is 1. The molecule has 1 saturated heterocycles. The summed E-state index contributed by atoms with van der Waals surface area (Å²) in [5.41, 5.74) is 3.63. The fraction of sp³-hybridized carbons (Fsp3) is 0.400. The molecule has 1 amide bonds. The first kappa shape index (κ1) is 17.4. The summed E-state index contributed by atoms with van der Waals surface area (Å²) in [6, 6.07) is 11.9. The first-order valence-electron chi connectivity index (χ1n) is 8.82. The average Bonchev–Trinajstić information content (AvgIpc) is 2.67. The van der Waals surface area contributed by atoms with E-state index in [2.05, 4.69) is 39.5 Å². The van der Waals surface area contributed by atoms with Crippen LogP contribution in [-0.2, 0) is 6.54 Å². The maximum absolute atomic E-state index is 12.2. The molecule has 5 nitrogen and oxygen atoms in total. The zero-order chi connectivity index (χ0) is 17.6. The van der Waals surface area contributed by atoms with Crippen LogP contribution in [0.15, 0.2) is 42.6 Å². The average molecular weight is 339 g/mol. The number of pyridine rings is 1. The highest BCUT2D eigenvalue weighted by Gasteiger charge is 2.18. The molecule has 0 spiro atoms. The van der Waals surface area contributed by atoms with Gasteiger partial charge in [-0.05, 0) is 55.5 Å². The third-order valence-electron chi connectivity index (χ3n) is 4.88. The molecule has 1 fully saturated rings. The van der Waals surface area contributed by atoms with Crippen LogP contribution < -0.4 is 10.2 Å². The summed E-state index contributed by atoms with van der Waals surface area (Å²) in [5.74, 6) is 0.349. The van der Waals surface area contributed by atoms with Gasteiger partial charge in [0.25, 0.3) is 5.91 Å². The molecule has 1 aromatic carbocycles. The lowest BCUT2D eigenvalue weighted by Gasteiger charge is -2.33. The van der Waals surface area contributed by atoms with E-state index in [1.54, 1.807) is 18.3 Å². The molecule has 0 saturated carbocycles. The number of aliphatic hydroxyl groups is 1. The van der Waals surface area contributed by atoms with E-state index in [0.29, 0.717) is 24.6 Å². The van der Waals surface area contributed by atoms with Gasteiger partial charge in [-0.25, -0.2) is 0 Å². The highest BCUT2D eigenvalue weighted by molar-refractivity contribution is 5.95. The number of aliphatic hydroxyl groups excluding tert-OH is 1. The van der Waals surface area contributed by atoms with Crippen LogP contribution >= 0.6 is 0 Å². The second kappa shape index (κ2) is 8.12. The zero-order valence-electron chi connectivity index (χ0n) is 14.6. The molecule has 132 valence electrons. The van der Waals surface area contributed by atoms with E-state index in [0.717, 1.165) is 37.2 Å². The van der Waals surface area contributed by atoms with E-state index in [-0.39, 0.29) is 5.91 Å². The molecule has 0 aliphatic carbocycles. The number of carbonyl (C=O) groups is 1. The standard InChI is InChI=1S/C20H25N3O2/c1-15-19(3-2-10-21-15)20(25)22-13-16-4-6-18(7-5-16)23-11-8-17(14-24)9-12-23/h2-7,10,17,24H,8-9,11-14H2,1H3,(H,22,25). The Kier molecular flexibility index (Phi) is 5.66. The predicted octanol–water partition coefficient (Wildman–Crippen LogP) is 2.53. The van der Waals surface area contributed by atoms with E-state index in [4.69, 9.17) is 0 Å². The number of piperidine rings is 1. The number of nitrogens with zero attached hydrogens (tertiary/aromatic N) is 2. The highest BCUT2D eigenvalue weighted by atomic mass is 16.3. The maximum atomic E-state index is 12.2. The van der Waals surface area contributed by atoms with Crippen molar-refractivity contribution >= 4 is 11.6 Å². The molecule has 3 rings (SSSR count). The number of aromatic nitrogens is 1. The number of aryl methyl sites for hydroxylation is 1. The number of rotatable bonds is 5. The van der Waals surface area contributed by atoms with Crippen LogP contribution in [0.3, 0.4) is 0 Å². The number of amides is 1. The number of nitrogens with one attached hydrogen (secondary N) is 1. The van der Waals surface area contributed by atoms with Gasteiger partial charge in [-0.15, -0.1) is 0 Å². The molecular formula is C20H25N3O2. The molecule has 25 heavy (non-hydrogen) atoms. The molecular weight excluding hydrogens is 314 g/mol. The molecule has 1 aliphatic rings. The minimum Gasteiger partial charge on any atom is -0.396 e. The van der Waals surface area contributed by atoms with E-state index >= 15 is 0 Å². The van der Waals surface area contributed by atoms with Crippen molar-refractivity contribution in [3.05, 3.63) is 59.4 Å². The van der Waals surface area contributed by atoms with Gasteiger partial charge in [0.05, 0.1) is 5.56 Å². The second-order valence-corrected chi connectivity index (χ2v) is 6.60. The lowest BCUT2D eigenvalue weighted by molar-refractivity contribution is 0.0950. The lowest BCUT2D eigenvalue weighted by Crippen LogP contribution is -2.34. The Morgan fingerprint density at radius 2 is 1.96 bits per heavy atom. The van der Waals surface area contributed by atoms with E-state index in [1.807, 2.05) is 6.92 Å². The van der Waals surface area contributed by atoms with Crippen LogP contribution in [-0.4, -0.2) is 35.7 Å². The summed E-state index contributed by atoms with van der Waals surface area (Å²) < 4.78 is 0. The highest BCUT2D eigenvalue weighted by Crippen LogP contribution is 2.23. The minimum atomic E-state index is -0.0965. The van der Waals surface area contributed by atoms with Crippen LogP contribution in [0.1, 0.15) is 34.5 Å². The molecule has 1 aromatic heterocycles. The Morgan fingerprint density at radius 1 is 1.24 bits per heavy atom. The maximum Gasteiger partial charge on any atom is 0.253 e. The van der Waals surface area contributed by atoms with Gasteiger partial charge in [-0.1, -0.05) is 12.1 Å². The van der Waals surface area contributed by atoms with Crippen LogP contribution in [0.2, 0.25) is 0 Å². The van der Waals surface area contributed by atoms with Crippen molar-refractivity contribution in [2.75, 3.05) is 24.6 Å². The number of benzene rings is 1. The van der Waals surface area contributed by atoms with Gasteiger partial charge in [0, 0.05) is 43.8 Å². The number of hydrogen-bond donors (Lipinski definition) is 2. The minimum absolute atomic E-state index is 0.0965. The van der Waals surface area contributed by atoms with Crippen molar-refractivity contribution in [2.24, 2.45) is 5.92 Å². The monoisotopic (exact) mass is 339 g/mol. The van der Waals surface area contributed by atoms with E-state index in [9.17, 15) is 9.90 Å². The predicted molar refractivity (Wildman–Crippen MR) is 98.6 cm³/mol. The first-order valence-corrected chi connectivity index (χ1v) is 8.82. The fourth-order valence-corrected chi connectivity index (χ4v) is 3.20. The van der Waals surface area contributed by atoms with Crippen LogP contribution in [0.25, 0.3) is 0 Å². The second-order valence-electron chi connectivity index (χ2n) is 6.60. The quantitative estimate of drug-likeness (QED) is 0.878. The zero-order valence-corrected chi connectivity index (χ0v) is 14.6. The molecule has 0 radical (unpaired) electrons. The van der Waals surface area contributed by atoms with Gasteiger partial charge < -0.3 is 15.3 Å².